The lowest BCUT2D eigenvalue weighted by Gasteiger charge is -2.31. The summed E-state index contributed by atoms with van der Waals surface area (Å²) in [5, 5.41) is 0. The maximum Gasteiger partial charge on any atom is 0.146 e. The van der Waals surface area contributed by atoms with E-state index in [-0.39, 0.29) is 5.92 Å². The quantitative estimate of drug-likeness (QED) is 0.563. The van der Waals surface area contributed by atoms with Crippen LogP contribution in [0.5, 0.6) is 0 Å². The van der Waals surface area contributed by atoms with Gasteiger partial charge < -0.3 is 0 Å². The predicted molar refractivity (Wildman–Crippen MR) is 84.6 cm³/mol. The second-order valence-electron chi connectivity index (χ2n) is 5.71. The molecule has 104 valence electrons. The summed E-state index contributed by atoms with van der Waals surface area (Å²) in [6.07, 6.45) is 8.32. The highest BCUT2D eigenvalue weighted by Gasteiger charge is 2.29. The minimum atomic E-state index is 0.175. The summed E-state index contributed by atoms with van der Waals surface area (Å²) in [7, 11) is 0. The van der Waals surface area contributed by atoms with Crippen LogP contribution in [-0.4, -0.2) is 6.29 Å². The lowest BCUT2D eigenvalue weighted by molar-refractivity contribution is -0.105. The second kappa shape index (κ2) is 6.51. The number of allylic oxidation sites excluding steroid dienone is 6. The summed E-state index contributed by atoms with van der Waals surface area (Å²) in [6.45, 7) is 6.41. The Hall–Kier alpha value is -1.89. The lowest BCUT2D eigenvalue weighted by atomic mass is 9.73. The normalized spacial score (nSPS) is 21.8. The third-order valence-electron chi connectivity index (χ3n) is 3.96. The summed E-state index contributed by atoms with van der Waals surface area (Å²) >= 11 is 0. The van der Waals surface area contributed by atoms with E-state index in [2.05, 4.69) is 45.1 Å². The van der Waals surface area contributed by atoms with E-state index in [0.29, 0.717) is 5.92 Å². The zero-order chi connectivity index (χ0) is 14.5. The van der Waals surface area contributed by atoms with Crippen LogP contribution in [0.4, 0.5) is 0 Å². The highest BCUT2D eigenvalue weighted by molar-refractivity contribution is 5.77. The monoisotopic (exact) mass is 266 g/mol. The van der Waals surface area contributed by atoms with Gasteiger partial charge in [0.2, 0.25) is 0 Å². The van der Waals surface area contributed by atoms with Crippen molar-refractivity contribution in [3.8, 4) is 0 Å². The minimum absolute atomic E-state index is 0.175. The molecule has 20 heavy (non-hydrogen) atoms. The van der Waals surface area contributed by atoms with Gasteiger partial charge in [0.05, 0.1) is 0 Å². The average Bonchev–Trinajstić information content (AvgIpc) is 2.46. The number of benzene rings is 1. The molecule has 0 fully saturated rings. The molecule has 2 unspecified atom stereocenters. The van der Waals surface area contributed by atoms with Gasteiger partial charge in [0.1, 0.15) is 6.29 Å². The van der Waals surface area contributed by atoms with Crippen molar-refractivity contribution >= 4 is 6.29 Å². The molecule has 0 aliphatic heterocycles. The molecule has 0 heterocycles. The summed E-state index contributed by atoms with van der Waals surface area (Å²) < 4.78 is 0. The van der Waals surface area contributed by atoms with Crippen LogP contribution in [0.1, 0.15) is 38.7 Å². The fourth-order valence-corrected chi connectivity index (χ4v) is 2.83. The second-order valence-corrected chi connectivity index (χ2v) is 5.71. The zero-order valence-electron chi connectivity index (χ0n) is 12.5. The molecule has 0 N–H and O–H groups in total. The molecule has 0 aromatic heterocycles. The Kier molecular flexibility index (Phi) is 4.73. The Labute approximate surface area is 121 Å². The number of aldehydes is 1. The largest absolute Gasteiger partial charge is 0.298 e. The van der Waals surface area contributed by atoms with Crippen LogP contribution >= 0.6 is 0 Å². The first kappa shape index (κ1) is 14.5. The van der Waals surface area contributed by atoms with Gasteiger partial charge in [0.25, 0.3) is 0 Å². The number of hydrogen-bond acceptors (Lipinski definition) is 1. The SMILES string of the molecule is CC(C)=CCC1C(C)=CC=C(C=O)C1c1ccccc1. The van der Waals surface area contributed by atoms with Crippen molar-refractivity contribution in [1.29, 1.82) is 0 Å². The third kappa shape index (κ3) is 3.16. The molecule has 0 radical (unpaired) electrons. The number of hydrogen-bond donors (Lipinski definition) is 0. The van der Waals surface area contributed by atoms with Crippen molar-refractivity contribution < 1.29 is 4.79 Å². The first-order valence-corrected chi connectivity index (χ1v) is 7.15. The van der Waals surface area contributed by atoms with Crippen LogP contribution in [0.2, 0.25) is 0 Å². The summed E-state index contributed by atoms with van der Waals surface area (Å²) in [6, 6.07) is 10.4. The topological polar surface area (TPSA) is 17.1 Å². The van der Waals surface area contributed by atoms with Crippen LogP contribution in [0.15, 0.2) is 65.3 Å². The average molecular weight is 266 g/mol. The zero-order valence-corrected chi connectivity index (χ0v) is 12.5. The van der Waals surface area contributed by atoms with Crippen molar-refractivity contribution in [3.63, 3.8) is 0 Å². The molecule has 1 heteroatoms. The summed E-state index contributed by atoms with van der Waals surface area (Å²) in [4.78, 5) is 11.4. The molecule has 1 nitrogen and oxygen atoms in total. The van der Waals surface area contributed by atoms with Crippen LogP contribution in [0.25, 0.3) is 0 Å². The van der Waals surface area contributed by atoms with Crippen LogP contribution in [0, 0.1) is 5.92 Å². The van der Waals surface area contributed by atoms with Gasteiger partial charge >= 0.3 is 0 Å². The van der Waals surface area contributed by atoms with Crippen molar-refractivity contribution in [2.45, 2.75) is 33.1 Å². The van der Waals surface area contributed by atoms with Crippen LogP contribution < -0.4 is 0 Å². The standard InChI is InChI=1S/C19H22O/c1-14(2)9-12-18-15(3)10-11-17(13-20)19(18)16-7-5-4-6-8-16/h4-11,13,18-19H,12H2,1-3H3. The van der Waals surface area contributed by atoms with E-state index in [4.69, 9.17) is 0 Å². The van der Waals surface area contributed by atoms with Crippen LogP contribution in [-0.2, 0) is 4.79 Å². The molecule has 0 saturated heterocycles. The van der Waals surface area contributed by atoms with E-state index in [1.807, 2.05) is 24.3 Å². The van der Waals surface area contributed by atoms with Gasteiger partial charge in [-0.3, -0.25) is 4.79 Å². The number of carbonyl (C=O) groups excluding carboxylic acids is 1. The van der Waals surface area contributed by atoms with E-state index in [1.165, 1.54) is 16.7 Å². The highest BCUT2D eigenvalue weighted by Crippen LogP contribution is 2.40. The Bertz CT molecular complexity index is 557. The fraction of sp³-hybridized carbons (Fsp3) is 0.316. The Balaban J connectivity index is 2.40. The molecule has 2 atom stereocenters. The fourth-order valence-electron chi connectivity index (χ4n) is 2.83. The van der Waals surface area contributed by atoms with Crippen molar-refractivity contribution in [2.24, 2.45) is 5.92 Å². The van der Waals surface area contributed by atoms with Gasteiger partial charge in [0.15, 0.2) is 0 Å². The molecular weight excluding hydrogens is 244 g/mol. The van der Waals surface area contributed by atoms with Gasteiger partial charge in [-0.15, -0.1) is 0 Å². The van der Waals surface area contributed by atoms with Crippen molar-refractivity contribution in [3.05, 3.63) is 70.8 Å². The number of rotatable bonds is 4. The molecule has 0 spiro atoms. The Morgan fingerprint density at radius 1 is 1.15 bits per heavy atom. The molecule has 1 aromatic carbocycles. The molecule has 0 amide bonds. The van der Waals surface area contributed by atoms with E-state index in [9.17, 15) is 4.79 Å². The van der Waals surface area contributed by atoms with Gasteiger partial charge in [-0.05, 0) is 44.2 Å². The van der Waals surface area contributed by atoms with Gasteiger partial charge in [-0.1, -0.05) is 59.7 Å². The smallest absolute Gasteiger partial charge is 0.146 e. The molecule has 1 aromatic rings. The molecule has 0 bridgehead atoms. The van der Waals surface area contributed by atoms with Gasteiger partial charge in [-0.2, -0.15) is 0 Å². The Morgan fingerprint density at radius 2 is 1.85 bits per heavy atom. The lowest BCUT2D eigenvalue weighted by Crippen LogP contribution is -2.19. The molecule has 1 aliphatic rings. The van der Waals surface area contributed by atoms with E-state index in [0.717, 1.165) is 18.3 Å². The van der Waals surface area contributed by atoms with Gasteiger partial charge in [0, 0.05) is 5.92 Å². The molecule has 1 aliphatic carbocycles. The first-order valence-electron chi connectivity index (χ1n) is 7.15. The maximum absolute atomic E-state index is 11.4. The maximum atomic E-state index is 11.4. The predicted octanol–water partition coefficient (Wildman–Crippen LogP) is 4.83. The van der Waals surface area contributed by atoms with Crippen molar-refractivity contribution in [1.82, 2.24) is 0 Å². The van der Waals surface area contributed by atoms with E-state index >= 15 is 0 Å². The Morgan fingerprint density at radius 3 is 2.45 bits per heavy atom. The highest BCUT2D eigenvalue weighted by atomic mass is 16.1. The van der Waals surface area contributed by atoms with Gasteiger partial charge in [-0.25, -0.2) is 0 Å². The summed E-state index contributed by atoms with van der Waals surface area (Å²) in [5.41, 5.74) is 4.79. The molecule has 2 rings (SSSR count). The van der Waals surface area contributed by atoms with E-state index < -0.39 is 0 Å². The third-order valence-corrected chi connectivity index (χ3v) is 3.96. The van der Waals surface area contributed by atoms with Crippen LogP contribution in [0.3, 0.4) is 0 Å². The minimum Gasteiger partial charge on any atom is -0.298 e. The first-order chi connectivity index (χ1) is 9.63. The molecule has 0 saturated carbocycles. The summed E-state index contributed by atoms with van der Waals surface area (Å²) in [5.74, 6) is 0.548. The number of carbonyl (C=O) groups is 1. The molecular formula is C19H22O. The van der Waals surface area contributed by atoms with E-state index in [1.54, 1.807) is 0 Å². The van der Waals surface area contributed by atoms with Crippen molar-refractivity contribution in [2.75, 3.05) is 0 Å².